The molecule has 1 heterocycles. The summed E-state index contributed by atoms with van der Waals surface area (Å²) in [6, 6.07) is 10.5. The van der Waals surface area contributed by atoms with Gasteiger partial charge in [-0.05, 0) is 30.2 Å². The molecule has 2 aromatic carbocycles. The van der Waals surface area contributed by atoms with Crippen molar-refractivity contribution in [3.05, 3.63) is 76.3 Å². The van der Waals surface area contributed by atoms with Crippen LogP contribution in [0.2, 0.25) is 0 Å². The van der Waals surface area contributed by atoms with E-state index in [4.69, 9.17) is 9.47 Å². The topological polar surface area (TPSA) is 72.8 Å². The van der Waals surface area contributed by atoms with Crippen molar-refractivity contribution >= 4 is 28.7 Å². The van der Waals surface area contributed by atoms with Crippen LogP contribution in [0.3, 0.4) is 0 Å². The number of rotatable bonds is 9. The number of nitrogens with one attached hydrogen (secondary N) is 1. The molecule has 0 unspecified atom stereocenters. The molecule has 0 fully saturated rings. The van der Waals surface area contributed by atoms with Gasteiger partial charge in [-0.3, -0.25) is 10.2 Å². The van der Waals surface area contributed by atoms with E-state index in [0.717, 1.165) is 23.3 Å². The zero-order valence-electron chi connectivity index (χ0n) is 16.1. The second-order valence-corrected chi connectivity index (χ2v) is 6.96. The van der Waals surface area contributed by atoms with Crippen LogP contribution in [-0.2, 0) is 22.6 Å². The van der Waals surface area contributed by atoms with Crippen molar-refractivity contribution in [2.45, 2.75) is 20.0 Å². The van der Waals surface area contributed by atoms with Gasteiger partial charge in [0.15, 0.2) is 11.6 Å². The lowest BCUT2D eigenvalue weighted by atomic mass is 10.1. The molecule has 0 spiro atoms. The Balaban J connectivity index is 1.49. The van der Waals surface area contributed by atoms with Gasteiger partial charge in [0, 0.05) is 11.4 Å². The summed E-state index contributed by atoms with van der Waals surface area (Å²) in [5.41, 5.74) is 5.10. The average molecular weight is 431 g/mol. The number of hydrogen-bond donors (Lipinski definition) is 1. The molecule has 0 aliphatic carbocycles. The molecule has 9 heteroatoms. The molecule has 0 amide bonds. The molecular formula is C21H19F2N3O3S. The maximum atomic E-state index is 13.6. The number of benzene rings is 2. The minimum Gasteiger partial charge on any atom is -0.486 e. The Hall–Kier alpha value is -3.33. The number of ether oxygens (including phenoxy) is 2. The standard InChI is InChI=1S/C21H19F2N3O3S/c1-2-28-20(27)10-17-13-30-21(25-17)26-24-11-14-3-5-15(6-4-14)12-29-19-8-7-16(22)9-18(19)23/h3-9,11,13H,2,10,12H2,1H3,(H,25,26). The lowest BCUT2D eigenvalue weighted by Gasteiger charge is -2.07. The Morgan fingerprint density at radius 3 is 2.77 bits per heavy atom. The number of hydrazone groups is 1. The molecule has 6 nitrogen and oxygen atoms in total. The molecule has 30 heavy (non-hydrogen) atoms. The molecule has 0 saturated heterocycles. The number of halogens is 2. The third kappa shape index (κ3) is 6.35. The van der Waals surface area contributed by atoms with Gasteiger partial charge in [0.25, 0.3) is 0 Å². The highest BCUT2D eigenvalue weighted by atomic mass is 32.1. The summed E-state index contributed by atoms with van der Waals surface area (Å²) in [6.45, 7) is 2.25. The fraction of sp³-hybridized carbons (Fsp3) is 0.190. The molecule has 156 valence electrons. The first-order valence-electron chi connectivity index (χ1n) is 9.09. The van der Waals surface area contributed by atoms with Crippen LogP contribution in [-0.4, -0.2) is 23.8 Å². The minimum atomic E-state index is -0.738. The van der Waals surface area contributed by atoms with Gasteiger partial charge in [-0.2, -0.15) is 5.10 Å². The first-order chi connectivity index (χ1) is 14.5. The highest BCUT2D eigenvalue weighted by Crippen LogP contribution is 2.19. The Bertz CT molecular complexity index is 1020. The number of esters is 1. The zero-order valence-corrected chi connectivity index (χ0v) is 16.9. The molecule has 1 aromatic heterocycles. The zero-order chi connectivity index (χ0) is 21.3. The number of thiazole rings is 1. The van der Waals surface area contributed by atoms with Crippen LogP contribution in [0, 0.1) is 11.6 Å². The number of nitrogens with zero attached hydrogens (tertiary/aromatic N) is 2. The number of hydrogen-bond acceptors (Lipinski definition) is 7. The summed E-state index contributed by atoms with van der Waals surface area (Å²) in [6.07, 6.45) is 1.75. The van der Waals surface area contributed by atoms with E-state index in [1.54, 1.807) is 18.5 Å². The summed E-state index contributed by atoms with van der Waals surface area (Å²) in [4.78, 5) is 15.7. The van der Waals surface area contributed by atoms with E-state index in [0.29, 0.717) is 17.4 Å². The number of carbonyl (C=O) groups is 1. The maximum absolute atomic E-state index is 13.6. The molecule has 0 aliphatic heterocycles. The maximum Gasteiger partial charge on any atom is 0.311 e. The van der Waals surface area contributed by atoms with E-state index >= 15 is 0 Å². The smallest absolute Gasteiger partial charge is 0.311 e. The summed E-state index contributed by atoms with van der Waals surface area (Å²) >= 11 is 1.34. The van der Waals surface area contributed by atoms with E-state index in [1.807, 2.05) is 24.3 Å². The minimum absolute atomic E-state index is 0.00277. The van der Waals surface area contributed by atoms with Gasteiger partial charge in [0.1, 0.15) is 12.4 Å². The average Bonchev–Trinajstić information content (AvgIpc) is 3.15. The Morgan fingerprint density at radius 2 is 2.03 bits per heavy atom. The molecule has 0 saturated carbocycles. The highest BCUT2D eigenvalue weighted by molar-refractivity contribution is 7.13. The predicted octanol–water partition coefficient (Wildman–Crippen LogP) is 4.55. The Labute approximate surface area is 176 Å². The second kappa shape index (κ2) is 10.4. The van der Waals surface area contributed by atoms with Crippen LogP contribution in [0.4, 0.5) is 13.9 Å². The van der Waals surface area contributed by atoms with Crippen molar-refractivity contribution in [2.24, 2.45) is 5.10 Å². The van der Waals surface area contributed by atoms with Crippen molar-refractivity contribution in [3.8, 4) is 5.75 Å². The summed E-state index contributed by atoms with van der Waals surface area (Å²) in [7, 11) is 0. The fourth-order valence-electron chi connectivity index (χ4n) is 2.41. The van der Waals surface area contributed by atoms with Crippen molar-refractivity contribution in [1.29, 1.82) is 0 Å². The summed E-state index contributed by atoms with van der Waals surface area (Å²) < 4.78 is 36.8. The molecular weight excluding hydrogens is 412 g/mol. The lowest BCUT2D eigenvalue weighted by molar-refractivity contribution is -0.142. The third-order valence-corrected chi connectivity index (χ3v) is 4.62. The number of aromatic nitrogens is 1. The molecule has 3 rings (SSSR count). The highest BCUT2D eigenvalue weighted by Gasteiger charge is 2.08. The van der Waals surface area contributed by atoms with Crippen LogP contribution in [0.25, 0.3) is 0 Å². The SMILES string of the molecule is CCOC(=O)Cc1csc(NN=Cc2ccc(COc3ccc(F)cc3F)cc2)n1. The van der Waals surface area contributed by atoms with Gasteiger partial charge in [0.2, 0.25) is 5.13 Å². The van der Waals surface area contributed by atoms with Gasteiger partial charge in [-0.1, -0.05) is 24.3 Å². The predicted molar refractivity (Wildman–Crippen MR) is 111 cm³/mol. The Kier molecular flexibility index (Phi) is 7.45. The molecule has 3 aromatic rings. The molecule has 0 atom stereocenters. The van der Waals surface area contributed by atoms with Crippen LogP contribution < -0.4 is 10.2 Å². The quantitative estimate of drug-likeness (QED) is 0.306. The monoisotopic (exact) mass is 431 g/mol. The number of anilines is 1. The van der Waals surface area contributed by atoms with Crippen molar-refractivity contribution in [2.75, 3.05) is 12.0 Å². The fourth-order valence-corrected chi connectivity index (χ4v) is 3.07. The molecule has 0 aliphatic rings. The summed E-state index contributed by atoms with van der Waals surface area (Å²) in [5, 5.41) is 6.46. The van der Waals surface area contributed by atoms with E-state index < -0.39 is 11.6 Å². The van der Waals surface area contributed by atoms with Crippen molar-refractivity contribution < 1.29 is 23.0 Å². The largest absolute Gasteiger partial charge is 0.486 e. The van der Waals surface area contributed by atoms with Gasteiger partial charge in [0.05, 0.1) is 24.9 Å². The van der Waals surface area contributed by atoms with E-state index in [2.05, 4.69) is 15.5 Å². The lowest BCUT2D eigenvalue weighted by Crippen LogP contribution is -2.07. The third-order valence-electron chi connectivity index (χ3n) is 3.82. The molecule has 1 N–H and O–H groups in total. The molecule has 0 bridgehead atoms. The molecule has 0 radical (unpaired) electrons. The van der Waals surface area contributed by atoms with Gasteiger partial charge >= 0.3 is 5.97 Å². The number of carbonyl (C=O) groups excluding carboxylic acids is 1. The summed E-state index contributed by atoms with van der Waals surface area (Å²) in [5.74, 6) is -1.71. The first kappa shape index (κ1) is 21.4. The Morgan fingerprint density at radius 1 is 1.23 bits per heavy atom. The van der Waals surface area contributed by atoms with E-state index in [9.17, 15) is 13.6 Å². The normalized spacial score (nSPS) is 10.9. The van der Waals surface area contributed by atoms with Crippen LogP contribution in [0.1, 0.15) is 23.7 Å². The van der Waals surface area contributed by atoms with E-state index in [-0.39, 0.29) is 24.7 Å². The van der Waals surface area contributed by atoms with Gasteiger partial charge < -0.3 is 9.47 Å². The first-order valence-corrected chi connectivity index (χ1v) is 9.97. The van der Waals surface area contributed by atoms with Crippen LogP contribution >= 0.6 is 11.3 Å². The van der Waals surface area contributed by atoms with Crippen molar-refractivity contribution in [1.82, 2.24) is 4.98 Å². The van der Waals surface area contributed by atoms with Crippen molar-refractivity contribution in [3.63, 3.8) is 0 Å². The van der Waals surface area contributed by atoms with Crippen LogP contribution in [0.5, 0.6) is 5.75 Å². The van der Waals surface area contributed by atoms with Gasteiger partial charge in [-0.25, -0.2) is 13.8 Å². The second-order valence-electron chi connectivity index (χ2n) is 6.10. The van der Waals surface area contributed by atoms with Gasteiger partial charge in [-0.15, -0.1) is 11.3 Å². The van der Waals surface area contributed by atoms with Crippen LogP contribution in [0.15, 0.2) is 52.9 Å². The van der Waals surface area contributed by atoms with E-state index in [1.165, 1.54) is 17.4 Å².